The number of amides is 2. The second-order valence-electron chi connectivity index (χ2n) is 7.73. The summed E-state index contributed by atoms with van der Waals surface area (Å²) in [6, 6.07) is 18.6. The maximum Gasteiger partial charge on any atom is 0.260 e. The summed E-state index contributed by atoms with van der Waals surface area (Å²) in [5.74, 6) is 0.671. The third kappa shape index (κ3) is 4.98. The van der Waals surface area contributed by atoms with Crippen molar-refractivity contribution >= 4 is 11.8 Å². The fraction of sp³-hybridized carbons (Fsp3) is 0.269. The van der Waals surface area contributed by atoms with Crippen LogP contribution in [0.3, 0.4) is 0 Å². The Bertz CT molecular complexity index is 1130. The lowest BCUT2D eigenvalue weighted by Crippen LogP contribution is -2.58. The number of nitrogens with one attached hydrogen (secondary N) is 1. The Hall–Kier alpha value is -3.87. The van der Waals surface area contributed by atoms with E-state index in [4.69, 9.17) is 9.47 Å². The van der Waals surface area contributed by atoms with Crippen molar-refractivity contribution in [1.82, 2.24) is 15.2 Å². The van der Waals surface area contributed by atoms with E-state index in [0.717, 1.165) is 22.4 Å². The van der Waals surface area contributed by atoms with E-state index in [2.05, 4.69) is 16.4 Å². The quantitative estimate of drug-likeness (QED) is 0.603. The molecular weight excluding hydrogens is 418 g/mol. The molecular formula is C26H27N3O4. The molecule has 0 bridgehead atoms. The van der Waals surface area contributed by atoms with Gasteiger partial charge in [0, 0.05) is 25.7 Å². The molecule has 2 aromatic carbocycles. The summed E-state index contributed by atoms with van der Waals surface area (Å²) in [6.45, 7) is 3.08. The van der Waals surface area contributed by atoms with Gasteiger partial charge in [0.1, 0.15) is 17.4 Å². The van der Waals surface area contributed by atoms with Crippen LogP contribution in [0.1, 0.15) is 22.8 Å². The van der Waals surface area contributed by atoms with Crippen LogP contribution in [0.2, 0.25) is 0 Å². The molecule has 1 aliphatic rings. The minimum Gasteiger partial charge on any atom is -0.497 e. The Morgan fingerprint density at radius 2 is 1.94 bits per heavy atom. The van der Waals surface area contributed by atoms with Crippen molar-refractivity contribution in [2.45, 2.75) is 19.4 Å². The number of hydrogen-bond donors (Lipinski definition) is 1. The molecule has 33 heavy (non-hydrogen) atoms. The highest BCUT2D eigenvalue weighted by atomic mass is 16.5. The average Bonchev–Trinajstić information content (AvgIpc) is 2.86. The number of nitrogens with zero attached hydrogens (tertiary/aromatic N) is 2. The van der Waals surface area contributed by atoms with E-state index in [0.29, 0.717) is 31.7 Å². The van der Waals surface area contributed by atoms with Crippen molar-refractivity contribution in [2.24, 2.45) is 0 Å². The summed E-state index contributed by atoms with van der Waals surface area (Å²) < 4.78 is 10.8. The fourth-order valence-corrected chi connectivity index (χ4v) is 4.01. The average molecular weight is 446 g/mol. The Labute approximate surface area is 193 Å². The molecule has 7 heteroatoms. The van der Waals surface area contributed by atoms with Gasteiger partial charge >= 0.3 is 0 Å². The van der Waals surface area contributed by atoms with E-state index in [1.54, 1.807) is 30.3 Å². The zero-order chi connectivity index (χ0) is 23.2. The van der Waals surface area contributed by atoms with Gasteiger partial charge in [-0.05, 0) is 47.9 Å². The number of ether oxygens (including phenoxy) is 2. The molecule has 1 saturated heterocycles. The van der Waals surface area contributed by atoms with E-state index >= 15 is 0 Å². The maximum atomic E-state index is 13.4. The molecule has 2 amide bonds. The van der Waals surface area contributed by atoms with Crippen LogP contribution in [0.25, 0.3) is 11.1 Å². The Morgan fingerprint density at radius 3 is 2.70 bits per heavy atom. The van der Waals surface area contributed by atoms with Gasteiger partial charge in [0.25, 0.3) is 5.91 Å². The Morgan fingerprint density at radius 1 is 1.12 bits per heavy atom. The molecule has 170 valence electrons. The first-order valence-electron chi connectivity index (χ1n) is 11.0. The molecule has 0 aliphatic carbocycles. The molecule has 2 heterocycles. The minimum absolute atomic E-state index is 0.161. The zero-order valence-electron chi connectivity index (χ0n) is 18.8. The number of benzene rings is 2. The van der Waals surface area contributed by atoms with E-state index < -0.39 is 6.04 Å². The Balaban J connectivity index is 1.59. The minimum atomic E-state index is -0.618. The second-order valence-corrected chi connectivity index (χ2v) is 7.73. The molecule has 7 nitrogen and oxygen atoms in total. The third-order valence-electron chi connectivity index (χ3n) is 5.65. The van der Waals surface area contributed by atoms with E-state index in [9.17, 15) is 9.59 Å². The van der Waals surface area contributed by atoms with Crippen LogP contribution in [0.5, 0.6) is 11.6 Å². The first kappa shape index (κ1) is 22.3. The first-order valence-corrected chi connectivity index (χ1v) is 11.0. The van der Waals surface area contributed by atoms with Crippen LogP contribution in [0, 0.1) is 0 Å². The van der Waals surface area contributed by atoms with Gasteiger partial charge in [-0.15, -0.1) is 0 Å². The molecule has 0 spiro atoms. The summed E-state index contributed by atoms with van der Waals surface area (Å²) in [7, 11) is 1.64. The fourth-order valence-electron chi connectivity index (χ4n) is 4.01. The lowest BCUT2D eigenvalue weighted by molar-refractivity contribution is -0.127. The van der Waals surface area contributed by atoms with Gasteiger partial charge < -0.3 is 19.7 Å². The predicted octanol–water partition coefficient (Wildman–Crippen LogP) is 3.34. The zero-order valence-corrected chi connectivity index (χ0v) is 18.8. The van der Waals surface area contributed by atoms with Crippen LogP contribution >= 0.6 is 0 Å². The second kappa shape index (κ2) is 10.2. The molecule has 0 saturated carbocycles. The van der Waals surface area contributed by atoms with Crippen molar-refractivity contribution in [1.29, 1.82) is 0 Å². The van der Waals surface area contributed by atoms with Gasteiger partial charge in [-0.25, -0.2) is 4.98 Å². The molecule has 1 aromatic heterocycles. The standard InChI is InChI=1S/C26H27N3O4/c1-3-33-25-22(8-5-13-28-25)26(31)29-15-14-27-24(30)23(29)17-18-6-4-7-20(16-18)19-9-11-21(32-2)12-10-19/h4-13,16,23H,3,14-15,17H2,1-2H3,(H,27,30). The van der Waals surface area contributed by atoms with Gasteiger partial charge in [-0.1, -0.05) is 36.4 Å². The molecule has 1 fully saturated rings. The molecule has 1 aliphatic heterocycles. The normalized spacial score (nSPS) is 15.6. The summed E-state index contributed by atoms with van der Waals surface area (Å²) in [6.07, 6.45) is 2.00. The lowest BCUT2D eigenvalue weighted by Gasteiger charge is -2.35. The maximum absolute atomic E-state index is 13.4. The Kier molecular flexibility index (Phi) is 6.88. The van der Waals surface area contributed by atoms with Gasteiger partial charge in [-0.3, -0.25) is 9.59 Å². The largest absolute Gasteiger partial charge is 0.497 e. The number of hydrogen-bond acceptors (Lipinski definition) is 5. The third-order valence-corrected chi connectivity index (χ3v) is 5.65. The van der Waals surface area contributed by atoms with Crippen LogP contribution in [-0.4, -0.2) is 54.5 Å². The molecule has 1 unspecified atom stereocenters. The monoisotopic (exact) mass is 445 g/mol. The van der Waals surface area contributed by atoms with Crippen molar-refractivity contribution in [3.05, 3.63) is 78.0 Å². The number of pyridine rings is 1. The number of aromatic nitrogens is 1. The number of rotatable bonds is 7. The SMILES string of the molecule is CCOc1ncccc1C(=O)N1CCNC(=O)C1Cc1cccc(-c2ccc(OC)cc2)c1. The number of carbonyl (C=O) groups is 2. The van der Waals surface area contributed by atoms with Crippen LogP contribution in [0.4, 0.5) is 0 Å². The number of methoxy groups -OCH3 is 1. The van der Waals surface area contributed by atoms with Gasteiger partial charge in [0.05, 0.1) is 13.7 Å². The number of piperazine rings is 1. The molecule has 3 aromatic rings. The molecule has 1 N–H and O–H groups in total. The van der Waals surface area contributed by atoms with Gasteiger partial charge in [-0.2, -0.15) is 0 Å². The van der Waals surface area contributed by atoms with Gasteiger partial charge in [0.2, 0.25) is 11.8 Å². The van der Waals surface area contributed by atoms with Crippen molar-refractivity contribution in [2.75, 3.05) is 26.8 Å². The van der Waals surface area contributed by atoms with Crippen molar-refractivity contribution in [3.8, 4) is 22.8 Å². The summed E-state index contributed by atoms with van der Waals surface area (Å²) in [5, 5.41) is 2.89. The topological polar surface area (TPSA) is 80.8 Å². The van der Waals surface area contributed by atoms with E-state index in [-0.39, 0.29) is 17.7 Å². The highest BCUT2D eigenvalue weighted by molar-refractivity contribution is 5.99. The highest BCUT2D eigenvalue weighted by Crippen LogP contribution is 2.25. The smallest absolute Gasteiger partial charge is 0.260 e. The summed E-state index contributed by atoms with van der Waals surface area (Å²) in [4.78, 5) is 32.0. The van der Waals surface area contributed by atoms with Crippen LogP contribution in [-0.2, 0) is 11.2 Å². The number of carbonyl (C=O) groups excluding carboxylic acids is 2. The lowest BCUT2D eigenvalue weighted by atomic mass is 9.97. The molecule has 0 radical (unpaired) electrons. The molecule has 4 rings (SSSR count). The van der Waals surface area contributed by atoms with Crippen LogP contribution in [0.15, 0.2) is 66.9 Å². The van der Waals surface area contributed by atoms with Crippen LogP contribution < -0.4 is 14.8 Å². The van der Waals surface area contributed by atoms with Crippen molar-refractivity contribution < 1.29 is 19.1 Å². The summed E-state index contributed by atoms with van der Waals surface area (Å²) in [5.41, 5.74) is 3.43. The summed E-state index contributed by atoms with van der Waals surface area (Å²) >= 11 is 0. The first-order chi connectivity index (χ1) is 16.1. The van der Waals surface area contributed by atoms with Crippen molar-refractivity contribution in [3.63, 3.8) is 0 Å². The van der Waals surface area contributed by atoms with E-state index in [1.807, 2.05) is 49.4 Å². The molecule has 1 atom stereocenters. The highest BCUT2D eigenvalue weighted by Gasteiger charge is 2.34. The van der Waals surface area contributed by atoms with E-state index in [1.165, 1.54) is 0 Å². The van der Waals surface area contributed by atoms with Gasteiger partial charge in [0.15, 0.2) is 0 Å². The predicted molar refractivity (Wildman–Crippen MR) is 125 cm³/mol.